The van der Waals surface area contributed by atoms with Crippen molar-refractivity contribution in [1.82, 2.24) is 9.78 Å². The maximum Gasteiger partial charge on any atom is 0.356 e. The lowest BCUT2D eigenvalue weighted by atomic mass is 10.1. The molecule has 2 rings (SSSR count). The van der Waals surface area contributed by atoms with Gasteiger partial charge in [0.15, 0.2) is 17.3 Å². The Kier molecular flexibility index (Phi) is 3.04. The molecule has 7 heteroatoms. The highest BCUT2D eigenvalue weighted by molar-refractivity contribution is 6.33. The molecule has 0 fully saturated rings. The minimum Gasteiger partial charge on any atom is -0.476 e. The fourth-order valence-corrected chi connectivity index (χ4v) is 1.80. The number of hydrogen-bond donors (Lipinski definition) is 1. The molecule has 18 heavy (non-hydrogen) atoms. The van der Waals surface area contributed by atoms with Gasteiger partial charge in [-0.25, -0.2) is 13.6 Å². The molecule has 2 aromatic rings. The van der Waals surface area contributed by atoms with Crippen LogP contribution in [0.25, 0.3) is 11.3 Å². The molecule has 1 heterocycles. The first-order valence-electron chi connectivity index (χ1n) is 4.83. The Morgan fingerprint density at radius 2 is 2.11 bits per heavy atom. The molecule has 0 radical (unpaired) electrons. The summed E-state index contributed by atoms with van der Waals surface area (Å²) in [6, 6.07) is 3.42. The first-order chi connectivity index (χ1) is 8.41. The molecule has 4 nitrogen and oxygen atoms in total. The van der Waals surface area contributed by atoms with Crippen LogP contribution in [0.5, 0.6) is 0 Å². The molecule has 0 unspecified atom stereocenters. The fraction of sp³-hybridized carbons (Fsp3) is 0.0909. The normalized spacial score (nSPS) is 10.7. The van der Waals surface area contributed by atoms with Crippen LogP contribution in [0.4, 0.5) is 8.78 Å². The molecule has 0 aliphatic rings. The van der Waals surface area contributed by atoms with E-state index in [2.05, 4.69) is 5.10 Å². The predicted octanol–water partition coefficient (Wildman–Crippen LogP) is 2.72. The van der Waals surface area contributed by atoms with Gasteiger partial charge < -0.3 is 5.11 Å². The van der Waals surface area contributed by atoms with E-state index >= 15 is 0 Å². The van der Waals surface area contributed by atoms with Gasteiger partial charge in [-0.15, -0.1) is 0 Å². The molecule has 0 aliphatic carbocycles. The first kappa shape index (κ1) is 12.5. The predicted molar refractivity (Wildman–Crippen MR) is 60.5 cm³/mol. The Morgan fingerprint density at radius 3 is 2.67 bits per heavy atom. The lowest BCUT2D eigenvalue weighted by Crippen LogP contribution is -1.99. The van der Waals surface area contributed by atoms with Crippen LogP contribution < -0.4 is 0 Å². The smallest absolute Gasteiger partial charge is 0.356 e. The van der Waals surface area contributed by atoms with Crippen LogP contribution in [-0.2, 0) is 7.05 Å². The monoisotopic (exact) mass is 272 g/mol. The number of rotatable bonds is 2. The Bertz CT molecular complexity index is 640. The SMILES string of the molecule is Cn1nc(C(=O)O)cc1-c1ccc(F)c(F)c1Cl. The second kappa shape index (κ2) is 4.38. The molecule has 1 aromatic heterocycles. The van der Waals surface area contributed by atoms with E-state index in [1.807, 2.05) is 0 Å². The number of carboxylic acid groups (broad SMARTS) is 1. The van der Waals surface area contributed by atoms with Crippen LogP contribution in [0.3, 0.4) is 0 Å². The number of aromatic carboxylic acids is 1. The van der Waals surface area contributed by atoms with E-state index in [4.69, 9.17) is 16.7 Å². The van der Waals surface area contributed by atoms with Gasteiger partial charge in [-0.2, -0.15) is 5.10 Å². The summed E-state index contributed by atoms with van der Waals surface area (Å²) in [7, 11) is 1.49. The van der Waals surface area contributed by atoms with Crippen molar-refractivity contribution in [2.75, 3.05) is 0 Å². The highest BCUT2D eigenvalue weighted by Crippen LogP contribution is 2.31. The summed E-state index contributed by atoms with van der Waals surface area (Å²) in [5.74, 6) is -3.45. The number of benzene rings is 1. The Morgan fingerprint density at radius 1 is 1.44 bits per heavy atom. The summed E-state index contributed by atoms with van der Waals surface area (Å²) in [5, 5.41) is 12.1. The standard InChI is InChI=1S/C11H7ClF2N2O2/c1-16-8(4-7(15-16)11(17)18)5-2-3-6(13)10(14)9(5)12/h2-4H,1H3,(H,17,18). The molecule has 0 spiro atoms. The van der Waals surface area contributed by atoms with Gasteiger partial charge in [0.1, 0.15) is 0 Å². The number of aryl methyl sites for hydroxylation is 1. The van der Waals surface area contributed by atoms with Crippen LogP contribution >= 0.6 is 11.6 Å². The number of aromatic nitrogens is 2. The zero-order valence-corrected chi connectivity index (χ0v) is 9.87. The maximum atomic E-state index is 13.3. The van der Waals surface area contributed by atoms with Crippen LogP contribution in [-0.4, -0.2) is 20.9 Å². The largest absolute Gasteiger partial charge is 0.476 e. The topological polar surface area (TPSA) is 55.1 Å². The summed E-state index contributed by atoms with van der Waals surface area (Å²) in [5.41, 5.74) is 0.266. The molecule has 1 N–H and O–H groups in total. The molecular weight excluding hydrogens is 266 g/mol. The summed E-state index contributed by atoms with van der Waals surface area (Å²) in [6.07, 6.45) is 0. The highest BCUT2D eigenvalue weighted by atomic mass is 35.5. The van der Waals surface area contributed by atoms with Gasteiger partial charge in [-0.05, 0) is 18.2 Å². The van der Waals surface area contributed by atoms with Crippen LogP contribution in [0.2, 0.25) is 5.02 Å². The zero-order valence-electron chi connectivity index (χ0n) is 9.12. The molecule has 0 atom stereocenters. The number of nitrogens with zero attached hydrogens (tertiary/aromatic N) is 2. The third kappa shape index (κ3) is 1.95. The maximum absolute atomic E-state index is 13.3. The van der Waals surface area contributed by atoms with E-state index in [1.54, 1.807) is 0 Å². The van der Waals surface area contributed by atoms with Crippen molar-refractivity contribution >= 4 is 17.6 Å². The van der Waals surface area contributed by atoms with Crippen molar-refractivity contribution < 1.29 is 18.7 Å². The van der Waals surface area contributed by atoms with Crippen molar-refractivity contribution in [3.63, 3.8) is 0 Å². The molecule has 0 saturated carbocycles. The molecule has 1 aromatic carbocycles. The number of carbonyl (C=O) groups is 1. The molecule has 0 aliphatic heterocycles. The highest BCUT2D eigenvalue weighted by Gasteiger charge is 2.18. The second-order valence-corrected chi connectivity index (χ2v) is 3.94. The van der Waals surface area contributed by atoms with Crippen LogP contribution in [0, 0.1) is 11.6 Å². The van der Waals surface area contributed by atoms with E-state index in [1.165, 1.54) is 23.9 Å². The van der Waals surface area contributed by atoms with Crippen molar-refractivity contribution in [1.29, 1.82) is 0 Å². The lowest BCUT2D eigenvalue weighted by Gasteiger charge is -2.05. The van der Waals surface area contributed by atoms with E-state index in [9.17, 15) is 13.6 Å². The minimum atomic E-state index is -1.21. The van der Waals surface area contributed by atoms with Gasteiger partial charge in [0.2, 0.25) is 0 Å². The van der Waals surface area contributed by atoms with E-state index in [0.29, 0.717) is 0 Å². The van der Waals surface area contributed by atoms with Crippen LogP contribution in [0.15, 0.2) is 18.2 Å². The van der Waals surface area contributed by atoms with Crippen molar-refractivity contribution in [2.45, 2.75) is 0 Å². The van der Waals surface area contributed by atoms with Crippen molar-refractivity contribution in [2.24, 2.45) is 7.05 Å². The number of hydrogen-bond acceptors (Lipinski definition) is 2. The molecule has 0 bridgehead atoms. The van der Waals surface area contributed by atoms with Crippen molar-refractivity contribution in [3.05, 3.63) is 40.6 Å². The summed E-state index contributed by atoms with van der Waals surface area (Å²) < 4.78 is 27.5. The van der Waals surface area contributed by atoms with Gasteiger partial charge in [-0.1, -0.05) is 11.6 Å². The van der Waals surface area contributed by atoms with Gasteiger partial charge in [0.05, 0.1) is 10.7 Å². The van der Waals surface area contributed by atoms with Gasteiger partial charge >= 0.3 is 5.97 Å². The Hall–Kier alpha value is -1.95. The second-order valence-electron chi connectivity index (χ2n) is 3.57. The molecule has 0 amide bonds. The Labute approximate surface area is 105 Å². The van der Waals surface area contributed by atoms with E-state index < -0.39 is 22.6 Å². The summed E-state index contributed by atoms with van der Waals surface area (Å²) in [4.78, 5) is 10.8. The van der Waals surface area contributed by atoms with E-state index in [0.717, 1.165) is 6.07 Å². The summed E-state index contributed by atoms with van der Waals surface area (Å²) in [6.45, 7) is 0. The average Bonchev–Trinajstić information content (AvgIpc) is 2.69. The van der Waals surface area contributed by atoms with Gasteiger partial charge in [-0.3, -0.25) is 4.68 Å². The lowest BCUT2D eigenvalue weighted by molar-refractivity contribution is 0.0689. The van der Waals surface area contributed by atoms with Gasteiger partial charge in [0, 0.05) is 12.6 Å². The van der Waals surface area contributed by atoms with Crippen LogP contribution in [0.1, 0.15) is 10.5 Å². The zero-order chi connectivity index (χ0) is 13.4. The van der Waals surface area contributed by atoms with Crippen molar-refractivity contribution in [3.8, 4) is 11.3 Å². The van der Waals surface area contributed by atoms with E-state index in [-0.39, 0.29) is 17.0 Å². The number of halogens is 3. The third-order valence-electron chi connectivity index (χ3n) is 2.41. The number of carboxylic acids is 1. The first-order valence-corrected chi connectivity index (χ1v) is 5.21. The Balaban J connectivity index is 2.62. The average molecular weight is 273 g/mol. The molecular formula is C11H7ClF2N2O2. The van der Waals surface area contributed by atoms with Gasteiger partial charge in [0.25, 0.3) is 0 Å². The molecule has 0 saturated heterocycles. The quantitative estimate of drug-likeness (QED) is 0.855. The summed E-state index contributed by atoms with van der Waals surface area (Å²) >= 11 is 5.69. The molecule has 94 valence electrons. The third-order valence-corrected chi connectivity index (χ3v) is 2.78. The fourth-order valence-electron chi connectivity index (χ4n) is 1.55. The minimum absolute atomic E-state index is 0.179.